The molecule has 0 aliphatic carbocycles. The zero-order valence-corrected chi connectivity index (χ0v) is 15.4. The highest BCUT2D eigenvalue weighted by Gasteiger charge is 2.42. The van der Waals surface area contributed by atoms with Crippen LogP contribution in [0.2, 0.25) is 0 Å². The summed E-state index contributed by atoms with van der Waals surface area (Å²) in [6.45, 7) is 2.52. The van der Waals surface area contributed by atoms with Crippen molar-refractivity contribution < 1.29 is 19.1 Å². The minimum absolute atomic E-state index is 0.00881. The summed E-state index contributed by atoms with van der Waals surface area (Å²) in [4.78, 5) is 33.4. The quantitative estimate of drug-likeness (QED) is 0.704. The number of carbonyl (C=O) groups is 2. The van der Waals surface area contributed by atoms with E-state index in [1.165, 1.54) is 30.5 Å². The number of fused-ring (bicyclic) bond motifs is 2. The van der Waals surface area contributed by atoms with Crippen LogP contribution in [0.15, 0.2) is 42.6 Å². The molecule has 6 nitrogen and oxygen atoms in total. The van der Waals surface area contributed by atoms with Crippen LogP contribution in [0.4, 0.5) is 10.1 Å². The van der Waals surface area contributed by atoms with Crippen molar-refractivity contribution in [2.45, 2.75) is 13.5 Å². The van der Waals surface area contributed by atoms with Crippen molar-refractivity contribution in [2.24, 2.45) is 0 Å². The van der Waals surface area contributed by atoms with Crippen LogP contribution in [0.3, 0.4) is 0 Å². The van der Waals surface area contributed by atoms with E-state index in [4.69, 9.17) is 0 Å². The van der Waals surface area contributed by atoms with Gasteiger partial charge in [-0.05, 0) is 36.8 Å². The standard InChI is InChI=1S/C21H18FN3O3/c1-3-24(2)18-14-5-4-10-23-17(14)19(26)16-15(18)20(27)25(21(16)28)11-12-6-8-13(22)9-7-12/h4-10,26H,3,11H2,1-2H3. The molecule has 142 valence electrons. The molecule has 1 aromatic heterocycles. The number of amides is 2. The normalized spacial score (nSPS) is 13.3. The number of aromatic nitrogens is 1. The van der Waals surface area contributed by atoms with Crippen LogP contribution in [0.1, 0.15) is 33.2 Å². The van der Waals surface area contributed by atoms with Crippen LogP contribution < -0.4 is 4.90 Å². The van der Waals surface area contributed by atoms with Gasteiger partial charge in [0.2, 0.25) is 0 Å². The van der Waals surface area contributed by atoms with Gasteiger partial charge in [-0.3, -0.25) is 19.5 Å². The topological polar surface area (TPSA) is 73.7 Å². The summed E-state index contributed by atoms with van der Waals surface area (Å²) in [5, 5.41) is 11.3. The fourth-order valence-corrected chi connectivity index (χ4v) is 3.52. The maximum atomic E-state index is 13.2. The molecule has 1 N–H and O–H groups in total. The van der Waals surface area contributed by atoms with Crippen molar-refractivity contribution in [2.75, 3.05) is 18.5 Å². The lowest BCUT2D eigenvalue weighted by atomic mass is 10.00. The second-order valence-corrected chi connectivity index (χ2v) is 6.68. The maximum absolute atomic E-state index is 13.2. The van der Waals surface area contributed by atoms with E-state index in [1.807, 2.05) is 18.9 Å². The Bertz CT molecular complexity index is 1110. The van der Waals surface area contributed by atoms with Crippen molar-refractivity contribution in [1.29, 1.82) is 0 Å². The van der Waals surface area contributed by atoms with E-state index in [-0.39, 0.29) is 28.9 Å². The first-order chi connectivity index (χ1) is 13.4. The molecule has 0 spiro atoms. The largest absolute Gasteiger partial charge is 0.505 e. The number of benzene rings is 2. The van der Waals surface area contributed by atoms with Gasteiger partial charge >= 0.3 is 0 Å². The van der Waals surface area contributed by atoms with Gasteiger partial charge in [0.15, 0.2) is 5.75 Å². The molecule has 0 radical (unpaired) electrons. The Morgan fingerprint density at radius 2 is 1.79 bits per heavy atom. The highest BCUT2D eigenvalue weighted by Crippen LogP contribution is 2.43. The number of nitrogens with zero attached hydrogens (tertiary/aromatic N) is 3. The lowest BCUT2D eigenvalue weighted by Crippen LogP contribution is -2.29. The SMILES string of the molecule is CCN(C)c1c2c(c(O)c3ncccc13)C(=O)N(Cc1ccc(F)cc1)C2=O. The summed E-state index contributed by atoms with van der Waals surface area (Å²) in [5.74, 6) is -1.76. The van der Waals surface area contributed by atoms with Gasteiger partial charge in [-0.1, -0.05) is 12.1 Å². The van der Waals surface area contributed by atoms with Gasteiger partial charge in [0, 0.05) is 25.2 Å². The number of aromatic hydroxyl groups is 1. The number of hydrogen-bond donors (Lipinski definition) is 1. The van der Waals surface area contributed by atoms with E-state index in [0.717, 1.165) is 4.90 Å². The predicted molar refractivity (Wildman–Crippen MR) is 103 cm³/mol. The Morgan fingerprint density at radius 3 is 2.46 bits per heavy atom. The van der Waals surface area contributed by atoms with Crippen molar-refractivity contribution in [3.63, 3.8) is 0 Å². The number of hydrogen-bond acceptors (Lipinski definition) is 5. The van der Waals surface area contributed by atoms with Gasteiger partial charge < -0.3 is 10.0 Å². The van der Waals surface area contributed by atoms with Gasteiger partial charge in [-0.2, -0.15) is 0 Å². The Kier molecular flexibility index (Phi) is 4.22. The Morgan fingerprint density at radius 1 is 1.11 bits per heavy atom. The summed E-state index contributed by atoms with van der Waals surface area (Å²) in [5.41, 5.74) is 1.60. The molecule has 0 saturated carbocycles. The second kappa shape index (κ2) is 6.60. The molecule has 7 heteroatoms. The lowest BCUT2D eigenvalue weighted by Gasteiger charge is -2.22. The fraction of sp³-hybridized carbons (Fsp3) is 0.190. The minimum Gasteiger partial charge on any atom is -0.505 e. The molecule has 2 amide bonds. The predicted octanol–water partition coefficient (Wildman–Crippen LogP) is 3.33. The molecule has 28 heavy (non-hydrogen) atoms. The monoisotopic (exact) mass is 379 g/mol. The zero-order valence-electron chi connectivity index (χ0n) is 15.4. The number of pyridine rings is 1. The summed E-state index contributed by atoms with van der Waals surface area (Å²) in [7, 11) is 1.82. The molecule has 1 aliphatic rings. The lowest BCUT2D eigenvalue weighted by molar-refractivity contribution is 0.0642. The van der Waals surface area contributed by atoms with Crippen LogP contribution >= 0.6 is 0 Å². The van der Waals surface area contributed by atoms with E-state index in [9.17, 15) is 19.1 Å². The molecule has 0 unspecified atom stereocenters. The number of anilines is 1. The van der Waals surface area contributed by atoms with E-state index < -0.39 is 17.6 Å². The molecule has 4 rings (SSSR count). The summed E-state index contributed by atoms with van der Waals surface area (Å²) >= 11 is 0. The van der Waals surface area contributed by atoms with Gasteiger partial charge in [-0.25, -0.2) is 4.39 Å². The van der Waals surface area contributed by atoms with Crippen molar-refractivity contribution >= 4 is 28.4 Å². The minimum atomic E-state index is -0.583. The van der Waals surface area contributed by atoms with Gasteiger partial charge in [-0.15, -0.1) is 0 Å². The van der Waals surface area contributed by atoms with Crippen molar-refractivity contribution in [1.82, 2.24) is 9.88 Å². The Labute approximate surface area is 160 Å². The Balaban J connectivity index is 1.90. The third kappa shape index (κ3) is 2.58. The van der Waals surface area contributed by atoms with E-state index in [1.54, 1.807) is 12.1 Å². The first kappa shape index (κ1) is 17.9. The number of phenols is 1. The third-order valence-electron chi connectivity index (χ3n) is 5.04. The second-order valence-electron chi connectivity index (χ2n) is 6.68. The summed E-state index contributed by atoms with van der Waals surface area (Å²) in [6.07, 6.45) is 1.53. The first-order valence-corrected chi connectivity index (χ1v) is 8.89. The Hall–Kier alpha value is -3.48. The van der Waals surface area contributed by atoms with E-state index >= 15 is 0 Å². The van der Waals surface area contributed by atoms with E-state index in [0.29, 0.717) is 23.2 Å². The number of phenolic OH excluding ortho intramolecular Hbond substituents is 1. The molecule has 2 heterocycles. The maximum Gasteiger partial charge on any atom is 0.265 e. The third-order valence-corrected chi connectivity index (χ3v) is 5.04. The molecular weight excluding hydrogens is 361 g/mol. The number of imide groups is 1. The molecule has 0 atom stereocenters. The zero-order chi connectivity index (χ0) is 20.0. The van der Waals surface area contributed by atoms with Crippen molar-refractivity contribution in [3.8, 4) is 5.75 Å². The van der Waals surface area contributed by atoms with Crippen LogP contribution in [0.5, 0.6) is 5.75 Å². The van der Waals surface area contributed by atoms with Crippen LogP contribution in [-0.2, 0) is 6.54 Å². The molecule has 0 bridgehead atoms. The average Bonchev–Trinajstić information content (AvgIpc) is 2.95. The molecule has 3 aromatic rings. The summed E-state index contributed by atoms with van der Waals surface area (Å²) in [6, 6.07) is 9.09. The van der Waals surface area contributed by atoms with E-state index in [2.05, 4.69) is 4.98 Å². The van der Waals surface area contributed by atoms with Crippen LogP contribution in [0.25, 0.3) is 10.9 Å². The fourth-order valence-electron chi connectivity index (χ4n) is 3.52. The van der Waals surface area contributed by atoms with Crippen LogP contribution in [0, 0.1) is 5.82 Å². The molecule has 0 saturated heterocycles. The highest BCUT2D eigenvalue weighted by molar-refractivity contribution is 6.28. The highest BCUT2D eigenvalue weighted by atomic mass is 19.1. The van der Waals surface area contributed by atoms with Gasteiger partial charge in [0.05, 0.1) is 23.4 Å². The van der Waals surface area contributed by atoms with Crippen molar-refractivity contribution in [3.05, 3.63) is 65.1 Å². The van der Waals surface area contributed by atoms with Gasteiger partial charge in [0.25, 0.3) is 11.8 Å². The van der Waals surface area contributed by atoms with Crippen LogP contribution in [-0.4, -0.2) is 40.4 Å². The average molecular weight is 379 g/mol. The molecule has 1 aliphatic heterocycles. The van der Waals surface area contributed by atoms with Gasteiger partial charge in [0.1, 0.15) is 11.3 Å². The number of halogens is 1. The smallest absolute Gasteiger partial charge is 0.265 e. The number of carbonyl (C=O) groups excluding carboxylic acids is 2. The molecule has 0 fully saturated rings. The molecule has 2 aromatic carbocycles. The molecular formula is C21H18FN3O3. The summed E-state index contributed by atoms with van der Waals surface area (Å²) < 4.78 is 13.2. The number of rotatable bonds is 4. The first-order valence-electron chi connectivity index (χ1n) is 8.89.